The van der Waals surface area contributed by atoms with Gasteiger partial charge >= 0.3 is 0 Å². The fraction of sp³-hybridized carbons (Fsp3) is 0.353. The van der Waals surface area contributed by atoms with Gasteiger partial charge in [0.1, 0.15) is 0 Å². The SMILES string of the molecule is COCCN(Cc1ccccc1)C(=O)c1cc(C)sc1C. The van der Waals surface area contributed by atoms with Crippen LogP contribution in [0.1, 0.15) is 25.7 Å². The summed E-state index contributed by atoms with van der Waals surface area (Å²) in [5.41, 5.74) is 1.94. The van der Waals surface area contributed by atoms with Gasteiger partial charge < -0.3 is 9.64 Å². The minimum atomic E-state index is 0.0813. The average Bonchev–Trinajstić information content (AvgIpc) is 2.82. The molecule has 0 aliphatic carbocycles. The molecule has 0 saturated carbocycles. The van der Waals surface area contributed by atoms with Crippen LogP contribution in [-0.2, 0) is 11.3 Å². The van der Waals surface area contributed by atoms with Crippen molar-refractivity contribution < 1.29 is 9.53 Å². The van der Waals surface area contributed by atoms with Gasteiger partial charge in [-0.3, -0.25) is 4.79 Å². The van der Waals surface area contributed by atoms with E-state index in [2.05, 4.69) is 0 Å². The maximum absolute atomic E-state index is 12.8. The van der Waals surface area contributed by atoms with Crippen molar-refractivity contribution in [3.05, 3.63) is 57.3 Å². The van der Waals surface area contributed by atoms with E-state index in [1.165, 1.54) is 4.88 Å². The molecular weight excluding hydrogens is 282 g/mol. The number of nitrogens with zero attached hydrogens (tertiary/aromatic N) is 1. The number of carbonyl (C=O) groups is 1. The summed E-state index contributed by atoms with van der Waals surface area (Å²) in [6.45, 7) is 5.78. The van der Waals surface area contributed by atoms with E-state index in [1.807, 2.05) is 55.1 Å². The second kappa shape index (κ2) is 7.38. The van der Waals surface area contributed by atoms with Gasteiger partial charge in [0, 0.05) is 30.0 Å². The zero-order valence-electron chi connectivity index (χ0n) is 12.8. The van der Waals surface area contributed by atoms with Crippen LogP contribution in [0.15, 0.2) is 36.4 Å². The molecule has 0 N–H and O–H groups in total. The normalized spacial score (nSPS) is 10.6. The summed E-state index contributed by atoms with van der Waals surface area (Å²) in [4.78, 5) is 16.9. The lowest BCUT2D eigenvalue weighted by Crippen LogP contribution is -2.33. The Bertz CT molecular complexity index is 592. The molecular formula is C17H21NO2S. The van der Waals surface area contributed by atoms with E-state index in [0.29, 0.717) is 19.7 Å². The highest BCUT2D eigenvalue weighted by Crippen LogP contribution is 2.22. The summed E-state index contributed by atoms with van der Waals surface area (Å²) in [6, 6.07) is 12.0. The molecule has 0 spiro atoms. The Balaban J connectivity index is 2.19. The average molecular weight is 303 g/mol. The Kier molecular flexibility index (Phi) is 5.53. The lowest BCUT2D eigenvalue weighted by molar-refractivity contribution is 0.0680. The fourth-order valence-electron chi connectivity index (χ4n) is 2.27. The summed E-state index contributed by atoms with van der Waals surface area (Å²) in [6.07, 6.45) is 0. The Hall–Kier alpha value is -1.65. The highest BCUT2D eigenvalue weighted by Gasteiger charge is 2.19. The Morgan fingerprint density at radius 1 is 1.24 bits per heavy atom. The summed E-state index contributed by atoms with van der Waals surface area (Å²) in [7, 11) is 1.66. The zero-order valence-corrected chi connectivity index (χ0v) is 13.6. The van der Waals surface area contributed by atoms with Crippen LogP contribution >= 0.6 is 11.3 Å². The van der Waals surface area contributed by atoms with Crippen molar-refractivity contribution in [1.82, 2.24) is 4.90 Å². The Morgan fingerprint density at radius 2 is 1.95 bits per heavy atom. The Morgan fingerprint density at radius 3 is 2.52 bits per heavy atom. The molecule has 2 aromatic rings. The molecule has 0 unspecified atom stereocenters. The monoisotopic (exact) mass is 303 g/mol. The molecule has 2 rings (SSSR count). The number of methoxy groups -OCH3 is 1. The third-order valence-electron chi connectivity index (χ3n) is 3.34. The number of hydrogen-bond donors (Lipinski definition) is 0. The number of ether oxygens (including phenoxy) is 1. The van der Waals surface area contributed by atoms with E-state index in [0.717, 1.165) is 16.0 Å². The molecule has 0 aliphatic heterocycles. The number of aryl methyl sites for hydroxylation is 2. The highest BCUT2D eigenvalue weighted by atomic mass is 32.1. The first kappa shape index (κ1) is 15.7. The summed E-state index contributed by atoms with van der Waals surface area (Å²) >= 11 is 1.67. The molecule has 1 aromatic carbocycles. The number of amides is 1. The smallest absolute Gasteiger partial charge is 0.255 e. The minimum Gasteiger partial charge on any atom is -0.383 e. The van der Waals surface area contributed by atoms with Gasteiger partial charge in [0.2, 0.25) is 0 Å². The number of thiophene rings is 1. The van der Waals surface area contributed by atoms with Crippen molar-refractivity contribution in [1.29, 1.82) is 0 Å². The first-order chi connectivity index (χ1) is 10.1. The van der Waals surface area contributed by atoms with Crippen LogP contribution in [0.5, 0.6) is 0 Å². The van der Waals surface area contributed by atoms with E-state index in [1.54, 1.807) is 18.4 Å². The molecule has 0 aliphatic rings. The molecule has 0 radical (unpaired) electrons. The molecule has 0 bridgehead atoms. The van der Waals surface area contributed by atoms with E-state index < -0.39 is 0 Å². The Labute approximate surface area is 130 Å². The zero-order chi connectivity index (χ0) is 15.2. The molecule has 112 valence electrons. The van der Waals surface area contributed by atoms with Crippen LogP contribution in [0.3, 0.4) is 0 Å². The second-order valence-electron chi connectivity index (χ2n) is 5.03. The van der Waals surface area contributed by atoms with Crippen LogP contribution in [0.2, 0.25) is 0 Å². The van der Waals surface area contributed by atoms with Crippen LogP contribution in [0.25, 0.3) is 0 Å². The van der Waals surface area contributed by atoms with Crippen molar-refractivity contribution in [2.24, 2.45) is 0 Å². The number of benzene rings is 1. The van der Waals surface area contributed by atoms with E-state index in [-0.39, 0.29) is 5.91 Å². The molecule has 1 amide bonds. The van der Waals surface area contributed by atoms with Crippen LogP contribution in [0.4, 0.5) is 0 Å². The molecule has 0 fully saturated rings. The van der Waals surface area contributed by atoms with Crippen LogP contribution in [-0.4, -0.2) is 31.1 Å². The van der Waals surface area contributed by atoms with Crippen molar-refractivity contribution in [2.45, 2.75) is 20.4 Å². The van der Waals surface area contributed by atoms with E-state index >= 15 is 0 Å². The third kappa shape index (κ3) is 4.16. The molecule has 1 heterocycles. The maximum atomic E-state index is 12.8. The van der Waals surface area contributed by atoms with E-state index in [4.69, 9.17) is 4.74 Å². The fourth-order valence-corrected chi connectivity index (χ4v) is 3.19. The first-order valence-electron chi connectivity index (χ1n) is 7.01. The minimum absolute atomic E-state index is 0.0813. The van der Waals surface area contributed by atoms with Crippen molar-refractivity contribution in [3.8, 4) is 0 Å². The highest BCUT2D eigenvalue weighted by molar-refractivity contribution is 7.12. The third-order valence-corrected chi connectivity index (χ3v) is 4.31. The molecule has 1 aromatic heterocycles. The summed E-state index contributed by atoms with van der Waals surface area (Å²) in [5.74, 6) is 0.0813. The predicted octanol–water partition coefficient (Wildman–Crippen LogP) is 3.65. The van der Waals surface area contributed by atoms with Crippen molar-refractivity contribution in [3.63, 3.8) is 0 Å². The molecule has 4 heteroatoms. The van der Waals surface area contributed by atoms with Gasteiger partial charge in [0.25, 0.3) is 5.91 Å². The first-order valence-corrected chi connectivity index (χ1v) is 7.82. The molecule has 21 heavy (non-hydrogen) atoms. The second-order valence-corrected chi connectivity index (χ2v) is 6.49. The summed E-state index contributed by atoms with van der Waals surface area (Å²) < 4.78 is 5.14. The molecule has 0 atom stereocenters. The van der Waals surface area contributed by atoms with Gasteiger partial charge in [-0.25, -0.2) is 0 Å². The van der Waals surface area contributed by atoms with Gasteiger partial charge in [-0.15, -0.1) is 11.3 Å². The molecule has 0 saturated heterocycles. The largest absolute Gasteiger partial charge is 0.383 e. The summed E-state index contributed by atoms with van der Waals surface area (Å²) in [5, 5.41) is 0. The van der Waals surface area contributed by atoms with Gasteiger partial charge in [-0.2, -0.15) is 0 Å². The maximum Gasteiger partial charge on any atom is 0.255 e. The number of hydrogen-bond acceptors (Lipinski definition) is 3. The standard InChI is InChI=1S/C17H21NO2S/c1-13-11-16(14(2)21-13)17(19)18(9-10-20-3)12-15-7-5-4-6-8-15/h4-8,11H,9-10,12H2,1-3H3. The van der Waals surface area contributed by atoms with Gasteiger partial charge in [0.05, 0.1) is 12.2 Å². The lowest BCUT2D eigenvalue weighted by atomic mass is 10.1. The number of rotatable bonds is 6. The van der Waals surface area contributed by atoms with Crippen molar-refractivity contribution >= 4 is 17.2 Å². The van der Waals surface area contributed by atoms with Crippen LogP contribution < -0.4 is 0 Å². The topological polar surface area (TPSA) is 29.5 Å². The number of carbonyl (C=O) groups excluding carboxylic acids is 1. The van der Waals surface area contributed by atoms with Gasteiger partial charge in [0.15, 0.2) is 0 Å². The molecule has 3 nitrogen and oxygen atoms in total. The quantitative estimate of drug-likeness (QED) is 0.815. The van der Waals surface area contributed by atoms with Crippen LogP contribution in [0, 0.1) is 13.8 Å². The van der Waals surface area contributed by atoms with Crippen molar-refractivity contribution in [2.75, 3.05) is 20.3 Å². The van der Waals surface area contributed by atoms with E-state index in [9.17, 15) is 4.79 Å². The lowest BCUT2D eigenvalue weighted by Gasteiger charge is -2.22. The predicted molar refractivity (Wildman–Crippen MR) is 86.9 cm³/mol. The van der Waals surface area contributed by atoms with Gasteiger partial charge in [-0.05, 0) is 25.5 Å². The van der Waals surface area contributed by atoms with Gasteiger partial charge in [-0.1, -0.05) is 30.3 Å².